The van der Waals surface area contributed by atoms with Crippen LogP contribution in [0.15, 0.2) is 6.20 Å². The zero-order chi connectivity index (χ0) is 10.7. The van der Waals surface area contributed by atoms with Crippen LogP contribution < -0.4 is 10.5 Å². The first-order valence-electron chi connectivity index (χ1n) is 5.02. The van der Waals surface area contributed by atoms with Crippen LogP contribution in [0.3, 0.4) is 0 Å². The maximum absolute atomic E-state index is 5.47. The third kappa shape index (κ3) is 2.36. The molecular formula is C10H15N3O2. The summed E-state index contributed by atoms with van der Waals surface area (Å²) in [5.74, 6) is 1.51. The lowest BCUT2D eigenvalue weighted by molar-refractivity contribution is -0.0353. The summed E-state index contributed by atoms with van der Waals surface area (Å²) in [7, 11) is 1.59. The molecule has 2 N–H and O–H groups in total. The summed E-state index contributed by atoms with van der Waals surface area (Å²) in [5, 5.41) is 0. The number of anilines is 1. The first kappa shape index (κ1) is 10.2. The fraction of sp³-hybridized carbons (Fsp3) is 0.600. The van der Waals surface area contributed by atoms with Gasteiger partial charge < -0.3 is 15.2 Å². The average Bonchev–Trinajstić information content (AvgIpc) is 2.17. The number of hydrogen-bond donors (Lipinski definition) is 1. The number of methoxy groups -OCH3 is 1. The first-order valence-corrected chi connectivity index (χ1v) is 5.02. The summed E-state index contributed by atoms with van der Waals surface area (Å²) in [5.41, 5.74) is 6.49. The Bertz CT molecular complexity index is 339. The van der Waals surface area contributed by atoms with E-state index in [1.165, 1.54) is 0 Å². The van der Waals surface area contributed by atoms with Crippen LogP contribution in [-0.4, -0.2) is 30.3 Å². The van der Waals surface area contributed by atoms with Crippen molar-refractivity contribution in [3.63, 3.8) is 0 Å². The minimum Gasteiger partial charge on any atom is -0.481 e. The molecule has 1 aromatic rings. The van der Waals surface area contributed by atoms with Crippen molar-refractivity contribution in [3.8, 4) is 5.88 Å². The van der Waals surface area contributed by atoms with Gasteiger partial charge in [0, 0.05) is 17.7 Å². The topological polar surface area (TPSA) is 70.3 Å². The lowest BCUT2D eigenvalue weighted by atomic mass is 9.99. The van der Waals surface area contributed by atoms with Crippen LogP contribution in [0.25, 0.3) is 0 Å². The second kappa shape index (κ2) is 4.44. The van der Waals surface area contributed by atoms with Gasteiger partial charge in [-0.15, -0.1) is 0 Å². The van der Waals surface area contributed by atoms with Crippen molar-refractivity contribution in [2.75, 3.05) is 26.1 Å². The highest BCUT2D eigenvalue weighted by Gasteiger charge is 2.19. The Morgan fingerprint density at radius 3 is 3.00 bits per heavy atom. The maximum atomic E-state index is 5.47. The molecule has 0 bridgehead atoms. The van der Waals surface area contributed by atoms with Crippen LogP contribution >= 0.6 is 0 Å². The van der Waals surface area contributed by atoms with Gasteiger partial charge in [0.2, 0.25) is 11.8 Å². The summed E-state index contributed by atoms with van der Waals surface area (Å²) in [6, 6.07) is 0. The zero-order valence-corrected chi connectivity index (χ0v) is 8.77. The molecule has 1 saturated heterocycles. The van der Waals surface area contributed by atoms with Gasteiger partial charge in [-0.2, -0.15) is 4.98 Å². The number of nitrogens with zero attached hydrogens (tertiary/aromatic N) is 2. The molecule has 0 spiro atoms. The highest BCUT2D eigenvalue weighted by atomic mass is 16.5. The van der Waals surface area contributed by atoms with Gasteiger partial charge in [0.05, 0.1) is 20.3 Å². The molecule has 2 heterocycles. The molecule has 5 heteroatoms. The molecule has 1 aliphatic rings. The fourth-order valence-electron chi connectivity index (χ4n) is 1.56. The van der Waals surface area contributed by atoms with E-state index in [1.807, 2.05) is 0 Å². The number of nitrogens with two attached hydrogens (primary N) is 1. The molecule has 0 radical (unpaired) electrons. The van der Waals surface area contributed by atoms with E-state index in [4.69, 9.17) is 15.2 Å². The van der Waals surface area contributed by atoms with E-state index < -0.39 is 0 Å². The summed E-state index contributed by atoms with van der Waals surface area (Å²) in [6.07, 6.45) is 3.74. The SMILES string of the molecule is COc1nc(N)ncc1CCC1COC1. The number of rotatable bonds is 4. The molecule has 0 saturated carbocycles. The molecule has 0 atom stereocenters. The van der Waals surface area contributed by atoms with Crippen LogP contribution in [-0.2, 0) is 11.2 Å². The minimum absolute atomic E-state index is 0.252. The molecular weight excluding hydrogens is 194 g/mol. The minimum atomic E-state index is 0.252. The monoisotopic (exact) mass is 209 g/mol. The first-order chi connectivity index (χ1) is 7.29. The Morgan fingerprint density at radius 2 is 2.40 bits per heavy atom. The van der Waals surface area contributed by atoms with Crippen molar-refractivity contribution in [1.29, 1.82) is 0 Å². The highest BCUT2D eigenvalue weighted by molar-refractivity contribution is 5.30. The number of ether oxygens (including phenoxy) is 2. The second-order valence-electron chi connectivity index (χ2n) is 3.70. The van der Waals surface area contributed by atoms with E-state index in [2.05, 4.69) is 9.97 Å². The molecule has 15 heavy (non-hydrogen) atoms. The molecule has 0 aliphatic carbocycles. The van der Waals surface area contributed by atoms with E-state index >= 15 is 0 Å². The van der Waals surface area contributed by atoms with Crippen LogP contribution in [0.1, 0.15) is 12.0 Å². The van der Waals surface area contributed by atoms with Crippen molar-refractivity contribution in [2.24, 2.45) is 5.92 Å². The van der Waals surface area contributed by atoms with Gasteiger partial charge in [0.15, 0.2) is 0 Å². The third-order valence-electron chi connectivity index (χ3n) is 2.57. The Labute approximate surface area is 88.6 Å². The number of hydrogen-bond acceptors (Lipinski definition) is 5. The molecule has 1 fully saturated rings. The number of nitrogen functional groups attached to an aromatic ring is 1. The molecule has 5 nitrogen and oxygen atoms in total. The molecule has 2 rings (SSSR count). The largest absolute Gasteiger partial charge is 0.481 e. The molecule has 1 aliphatic heterocycles. The maximum Gasteiger partial charge on any atom is 0.223 e. The number of aryl methyl sites for hydroxylation is 1. The molecule has 0 unspecified atom stereocenters. The third-order valence-corrected chi connectivity index (χ3v) is 2.57. The molecule has 82 valence electrons. The van der Waals surface area contributed by atoms with Crippen molar-refractivity contribution < 1.29 is 9.47 Å². The standard InChI is InChI=1S/C10H15N3O2/c1-14-9-8(4-12-10(11)13-9)3-2-7-5-15-6-7/h4,7H,2-3,5-6H2,1H3,(H2,11,12,13). The van der Waals surface area contributed by atoms with Gasteiger partial charge in [0.25, 0.3) is 0 Å². The Hall–Kier alpha value is -1.36. The van der Waals surface area contributed by atoms with Crippen LogP contribution in [0.2, 0.25) is 0 Å². The Morgan fingerprint density at radius 1 is 1.60 bits per heavy atom. The predicted molar refractivity (Wildman–Crippen MR) is 55.6 cm³/mol. The summed E-state index contributed by atoms with van der Waals surface area (Å²) in [4.78, 5) is 7.99. The van der Waals surface area contributed by atoms with Gasteiger partial charge in [-0.3, -0.25) is 0 Å². The Balaban J connectivity index is 1.99. The van der Waals surface area contributed by atoms with E-state index in [0.29, 0.717) is 11.8 Å². The zero-order valence-electron chi connectivity index (χ0n) is 8.77. The van der Waals surface area contributed by atoms with Crippen LogP contribution in [0, 0.1) is 5.92 Å². The summed E-state index contributed by atoms with van der Waals surface area (Å²) >= 11 is 0. The van der Waals surface area contributed by atoms with Gasteiger partial charge in [0.1, 0.15) is 0 Å². The molecule has 0 amide bonds. The summed E-state index contributed by atoms with van der Waals surface area (Å²) in [6.45, 7) is 1.75. The predicted octanol–water partition coefficient (Wildman–Crippen LogP) is 0.646. The second-order valence-corrected chi connectivity index (χ2v) is 3.70. The van der Waals surface area contributed by atoms with Crippen molar-refractivity contribution >= 4 is 5.95 Å². The highest BCUT2D eigenvalue weighted by Crippen LogP contribution is 2.21. The van der Waals surface area contributed by atoms with Gasteiger partial charge in [-0.25, -0.2) is 4.98 Å². The quantitative estimate of drug-likeness (QED) is 0.788. The molecule has 0 aromatic carbocycles. The van der Waals surface area contributed by atoms with Gasteiger partial charge >= 0.3 is 0 Å². The Kier molecular flexibility index (Phi) is 3.01. The lowest BCUT2D eigenvalue weighted by Crippen LogP contribution is -2.27. The van der Waals surface area contributed by atoms with Crippen molar-refractivity contribution in [2.45, 2.75) is 12.8 Å². The normalized spacial score (nSPS) is 16.1. The van der Waals surface area contributed by atoms with Crippen LogP contribution in [0.4, 0.5) is 5.95 Å². The van der Waals surface area contributed by atoms with E-state index in [-0.39, 0.29) is 5.95 Å². The van der Waals surface area contributed by atoms with Gasteiger partial charge in [-0.1, -0.05) is 0 Å². The van der Waals surface area contributed by atoms with E-state index in [1.54, 1.807) is 13.3 Å². The molecule has 1 aromatic heterocycles. The van der Waals surface area contributed by atoms with E-state index in [0.717, 1.165) is 31.6 Å². The van der Waals surface area contributed by atoms with E-state index in [9.17, 15) is 0 Å². The number of aromatic nitrogens is 2. The van der Waals surface area contributed by atoms with Crippen molar-refractivity contribution in [3.05, 3.63) is 11.8 Å². The van der Waals surface area contributed by atoms with Crippen molar-refractivity contribution in [1.82, 2.24) is 9.97 Å². The fourth-order valence-corrected chi connectivity index (χ4v) is 1.56. The van der Waals surface area contributed by atoms with Crippen LogP contribution in [0.5, 0.6) is 5.88 Å². The van der Waals surface area contributed by atoms with Gasteiger partial charge in [-0.05, 0) is 12.8 Å². The summed E-state index contributed by atoms with van der Waals surface area (Å²) < 4.78 is 10.3. The lowest BCUT2D eigenvalue weighted by Gasteiger charge is -2.25. The average molecular weight is 209 g/mol. The smallest absolute Gasteiger partial charge is 0.223 e.